The average Bonchev–Trinajstić information content (AvgIpc) is 2.34. The van der Waals surface area contributed by atoms with Crippen molar-refractivity contribution in [2.45, 2.75) is 0 Å². The molecule has 0 saturated carbocycles. The van der Waals surface area contributed by atoms with Crippen LogP contribution in [0.3, 0.4) is 0 Å². The molecule has 0 unspecified atom stereocenters. The van der Waals surface area contributed by atoms with Gasteiger partial charge in [-0.25, -0.2) is 8.78 Å². The Hall–Kier alpha value is -1.24. The highest BCUT2D eigenvalue weighted by molar-refractivity contribution is 9.10. The molecule has 2 aromatic carbocycles. The molecule has 7 heteroatoms. The predicted octanol–water partition coefficient (Wildman–Crippen LogP) is 4.76. The van der Waals surface area contributed by atoms with Crippen LogP contribution in [0.4, 0.5) is 20.2 Å². The molecular weight excluding hydrogens is 370 g/mol. The molecule has 2 nitrogen and oxygen atoms in total. The third kappa shape index (κ3) is 3.26. The average molecular weight is 378 g/mol. The smallest absolute Gasteiger partial charge is 0.150 e. The molecule has 2 rings (SSSR count). The van der Waals surface area contributed by atoms with Gasteiger partial charge in [-0.15, -0.1) is 0 Å². The maximum atomic E-state index is 13.8. The van der Waals surface area contributed by atoms with Crippen molar-refractivity contribution < 1.29 is 8.78 Å². The van der Waals surface area contributed by atoms with Crippen molar-refractivity contribution in [1.29, 1.82) is 0 Å². The number of benzene rings is 2. The van der Waals surface area contributed by atoms with E-state index >= 15 is 0 Å². The van der Waals surface area contributed by atoms with Gasteiger partial charge in [0.1, 0.15) is 10.7 Å². The second-order valence-corrected chi connectivity index (χ2v) is 5.72. The molecule has 0 spiro atoms. The minimum atomic E-state index is -0.735. The van der Waals surface area contributed by atoms with Crippen LogP contribution in [0.2, 0.25) is 5.02 Å². The predicted molar refractivity (Wildman–Crippen MR) is 84.7 cm³/mol. The zero-order valence-corrected chi connectivity index (χ0v) is 13.0. The minimum Gasteiger partial charge on any atom is -0.389 e. The molecule has 20 heavy (non-hydrogen) atoms. The van der Waals surface area contributed by atoms with Gasteiger partial charge in [-0.05, 0) is 30.3 Å². The number of nitrogens with two attached hydrogens (primary N) is 1. The molecule has 0 aliphatic heterocycles. The van der Waals surface area contributed by atoms with Crippen LogP contribution in [-0.4, -0.2) is 4.99 Å². The van der Waals surface area contributed by atoms with Gasteiger partial charge in [0.15, 0.2) is 11.6 Å². The summed E-state index contributed by atoms with van der Waals surface area (Å²) in [5.74, 6) is -1.47. The van der Waals surface area contributed by atoms with Crippen LogP contribution in [0.5, 0.6) is 0 Å². The minimum absolute atomic E-state index is 0.0768. The lowest BCUT2D eigenvalue weighted by Crippen LogP contribution is -2.12. The number of hydrogen-bond acceptors (Lipinski definition) is 2. The fourth-order valence-corrected chi connectivity index (χ4v) is 2.37. The van der Waals surface area contributed by atoms with Gasteiger partial charge in [0.2, 0.25) is 0 Å². The van der Waals surface area contributed by atoms with Gasteiger partial charge < -0.3 is 11.1 Å². The van der Waals surface area contributed by atoms with Gasteiger partial charge in [-0.2, -0.15) is 0 Å². The summed E-state index contributed by atoms with van der Waals surface area (Å²) < 4.78 is 27.9. The van der Waals surface area contributed by atoms with Crippen LogP contribution in [0.25, 0.3) is 0 Å². The maximum Gasteiger partial charge on any atom is 0.150 e. The van der Waals surface area contributed by atoms with Gasteiger partial charge in [-0.3, -0.25) is 0 Å². The fourth-order valence-electron chi connectivity index (χ4n) is 1.63. The molecule has 0 heterocycles. The summed E-state index contributed by atoms with van der Waals surface area (Å²) in [6, 6.07) is 6.96. The molecule has 0 atom stereocenters. The largest absolute Gasteiger partial charge is 0.389 e. The second kappa shape index (κ2) is 6.03. The molecule has 0 amide bonds. The molecule has 0 aromatic heterocycles. The Morgan fingerprint density at radius 3 is 2.35 bits per heavy atom. The molecule has 0 bridgehead atoms. The van der Waals surface area contributed by atoms with E-state index < -0.39 is 11.6 Å². The number of hydrogen-bond donors (Lipinski definition) is 2. The Kier molecular flexibility index (Phi) is 4.57. The van der Waals surface area contributed by atoms with E-state index in [2.05, 4.69) is 21.2 Å². The molecule has 2 aromatic rings. The van der Waals surface area contributed by atoms with E-state index in [-0.39, 0.29) is 10.7 Å². The molecule has 0 radical (unpaired) electrons. The van der Waals surface area contributed by atoms with Crippen LogP contribution < -0.4 is 11.1 Å². The highest BCUT2D eigenvalue weighted by Gasteiger charge is 2.13. The van der Waals surface area contributed by atoms with E-state index in [4.69, 9.17) is 29.6 Å². The summed E-state index contributed by atoms with van der Waals surface area (Å²) in [6.07, 6.45) is 0. The van der Waals surface area contributed by atoms with Crippen molar-refractivity contribution in [2.24, 2.45) is 5.73 Å². The van der Waals surface area contributed by atoms with E-state index in [0.717, 1.165) is 12.1 Å². The third-order valence-electron chi connectivity index (χ3n) is 2.51. The second-order valence-electron chi connectivity index (χ2n) is 3.92. The molecule has 3 N–H and O–H groups in total. The van der Waals surface area contributed by atoms with Crippen molar-refractivity contribution in [1.82, 2.24) is 0 Å². The molecular formula is C13H8BrClF2N2S. The maximum absolute atomic E-state index is 13.8. The summed E-state index contributed by atoms with van der Waals surface area (Å²) >= 11 is 13.8. The highest BCUT2D eigenvalue weighted by Crippen LogP contribution is 2.29. The van der Waals surface area contributed by atoms with Crippen LogP contribution >= 0.6 is 39.7 Å². The van der Waals surface area contributed by atoms with Crippen molar-refractivity contribution in [3.63, 3.8) is 0 Å². The van der Waals surface area contributed by atoms with Crippen LogP contribution in [-0.2, 0) is 0 Å². The van der Waals surface area contributed by atoms with Crippen LogP contribution in [0.1, 0.15) is 5.56 Å². The fraction of sp³-hybridized carbons (Fsp3) is 0. The Labute approximate surface area is 133 Å². The van der Waals surface area contributed by atoms with E-state index in [1.807, 2.05) is 0 Å². The van der Waals surface area contributed by atoms with Crippen molar-refractivity contribution in [3.8, 4) is 0 Å². The number of thiocarbonyl (C=S) groups is 1. The summed E-state index contributed by atoms with van der Waals surface area (Å²) in [4.78, 5) is 0.0768. The lowest BCUT2D eigenvalue weighted by molar-refractivity contribution is 0.589. The first-order chi connectivity index (χ1) is 9.38. The quantitative estimate of drug-likeness (QED) is 0.758. The number of nitrogens with one attached hydrogen (secondary N) is 1. The topological polar surface area (TPSA) is 38.0 Å². The summed E-state index contributed by atoms with van der Waals surface area (Å²) in [7, 11) is 0. The first-order valence-electron chi connectivity index (χ1n) is 5.39. The zero-order chi connectivity index (χ0) is 14.9. The molecule has 0 aliphatic carbocycles. The van der Waals surface area contributed by atoms with Crippen LogP contribution in [0, 0.1) is 11.6 Å². The highest BCUT2D eigenvalue weighted by atomic mass is 79.9. The van der Waals surface area contributed by atoms with Gasteiger partial charge >= 0.3 is 0 Å². The Bertz CT molecular complexity index is 671. The van der Waals surface area contributed by atoms with Crippen molar-refractivity contribution in [2.75, 3.05) is 5.32 Å². The summed E-state index contributed by atoms with van der Waals surface area (Å²) in [6.45, 7) is 0. The molecule has 0 aliphatic rings. The summed E-state index contributed by atoms with van der Waals surface area (Å²) in [5, 5.41) is 3.07. The van der Waals surface area contributed by atoms with Gasteiger partial charge in [0.25, 0.3) is 0 Å². The molecule has 0 saturated heterocycles. The van der Waals surface area contributed by atoms with E-state index in [1.54, 1.807) is 12.1 Å². The molecule has 104 valence electrons. The number of rotatable bonds is 3. The van der Waals surface area contributed by atoms with Crippen molar-refractivity contribution in [3.05, 3.63) is 57.0 Å². The number of halogens is 4. The van der Waals surface area contributed by atoms with Crippen molar-refractivity contribution >= 4 is 56.1 Å². The third-order valence-corrected chi connectivity index (χ3v) is 3.43. The standard InChI is InChI=1S/C13H8BrClF2N2S/c14-6-3-9(16)12(10(17)4-6)19-11-2-1-7(15)5-8(11)13(18)20/h1-5,19H,(H2,18,20). The SMILES string of the molecule is NC(=S)c1cc(Cl)ccc1Nc1c(F)cc(Br)cc1F. The van der Waals surface area contributed by atoms with Crippen LogP contribution in [0.15, 0.2) is 34.8 Å². The Morgan fingerprint density at radius 2 is 1.80 bits per heavy atom. The lowest BCUT2D eigenvalue weighted by Gasteiger charge is -2.13. The zero-order valence-electron chi connectivity index (χ0n) is 9.88. The monoisotopic (exact) mass is 376 g/mol. The Balaban J connectivity index is 2.48. The number of anilines is 2. The first-order valence-corrected chi connectivity index (χ1v) is 6.97. The van der Waals surface area contributed by atoms with E-state index in [1.165, 1.54) is 6.07 Å². The lowest BCUT2D eigenvalue weighted by atomic mass is 10.1. The van der Waals surface area contributed by atoms with E-state index in [0.29, 0.717) is 20.7 Å². The normalized spacial score (nSPS) is 10.4. The first kappa shape index (κ1) is 15.2. The van der Waals surface area contributed by atoms with E-state index in [9.17, 15) is 8.78 Å². The van der Waals surface area contributed by atoms with Gasteiger partial charge in [0, 0.05) is 20.7 Å². The summed E-state index contributed by atoms with van der Waals surface area (Å²) in [5.41, 5.74) is 6.08. The van der Waals surface area contributed by atoms with Gasteiger partial charge in [0.05, 0.1) is 0 Å². The van der Waals surface area contributed by atoms with Gasteiger partial charge in [-0.1, -0.05) is 39.7 Å². The Morgan fingerprint density at radius 1 is 1.20 bits per heavy atom. The molecule has 0 fully saturated rings.